The number of nitrogens with one attached hydrogen (secondary N) is 2. The van der Waals surface area contributed by atoms with E-state index in [2.05, 4.69) is 10.6 Å². The van der Waals surface area contributed by atoms with Crippen molar-refractivity contribution in [1.29, 1.82) is 0 Å². The number of likely N-dealkylation sites (N-methyl/N-ethyl adjacent to an activating group) is 1. The van der Waals surface area contributed by atoms with Gasteiger partial charge >= 0.3 is 6.18 Å². The molecule has 0 aromatic heterocycles. The van der Waals surface area contributed by atoms with Crippen LogP contribution in [0, 0.1) is 6.92 Å². The first-order chi connectivity index (χ1) is 13.5. The van der Waals surface area contributed by atoms with E-state index >= 15 is 0 Å². The summed E-state index contributed by atoms with van der Waals surface area (Å²) in [6, 6.07) is 10.8. The van der Waals surface area contributed by atoms with Crippen LogP contribution in [0.15, 0.2) is 42.5 Å². The molecule has 0 heterocycles. The third kappa shape index (κ3) is 7.40. The smallest absolute Gasteiger partial charge is 0.351 e. The maximum Gasteiger partial charge on any atom is 0.417 e. The Balaban J connectivity index is 1.82. The van der Waals surface area contributed by atoms with Gasteiger partial charge in [0.2, 0.25) is 11.8 Å². The highest BCUT2D eigenvalue weighted by atomic mass is 35.5. The fourth-order valence-corrected chi connectivity index (χ4v) is 2.75. The van der Waals surface area contributed by atoms with E-state index in [4.69, 9.17) is 11.6 Å². The monoisotopic (exact) mass is 427 g/mol. The van der Waals surface area contributed by atoms with Gasteiger partial charge in [-0.15, -0.1) is 0 Å². The van der Waals surface area contributed by atoms with Crippen LogP contribution in [0.2, 0.25) is 5.02 Å². The minimum atomic E-state index is -4.62. The number of carbonyl (C=O) groups is 2. The highest BCUT2D eigenvalue weighted by Gasteiger charge is 2.33. The van der Waals surface area contributed by atoms with E-state index in [1.54, 1.807) is 7.05 Å². The topological polar surface area (TPSA) is 61.4 Å². The number of carbonyl (C=O) groups excluding carboxylic acids is 2. The van der Waals surface area contributed by atoms with Crippen LogP contribution in [0.25, 0.3) is 0 Å². The molecule has 0 fully saturated rings. The minimum absolute atomic E-state index is 0.0241. The van der Waals surface area contributed by atoms with Crippen LogP contribution in [-0.2, 0) is 22.3 Å². The number of hydrogen-bond donors (Lipinski definition) is 2. The second-order valence-corrected chi connectivity index (χ2v) is 7.08. The fourth-order valence-electron chi connectivity index (χ4n) is 2.53. The van der Waals surface area contributed by atoms with E-state index in [0.717, 1.165) is 23.3 Å². The average molecular weight is 428 g/mol. The van der Waals surface area contributed by atoms with Gasteiger partial charge < -0.3 is 10.6 Å². The number of halogens is 4. The molecule has 0 unspecified atom stereocenters. The van der Waals surface area contributed by atoms with Crippen molar-refractivity contribution in [3.63, 3.8) is 0 Å². The van der Waals surface area contributed by atoms with Crippen LogP contribution in [0.4, 0.5) is 18.9 Å². The summed E-state index contributed by atoms with van der Waals surface area (Å²) in [6.07, 6.45) is -4.62. The Hall–Kier alpha value is -2.58. The zero-order valence-corrected chi connectivity index (χ0v) is 16.7. The minimum Gasteiger partial charge on any atom is -0.351 e. The van der Waals surface area contributed by atoms with Gasteiger partial charge in [0, 0.05) is 12.2 Å². The highest BCUT2D eigenvalue weighted by Crippen LogP contribution is 2.36. The van der Waals surface area contributed by atoms with Crippen LogP contribution < -0.4 is 10.6 Å². The largest absolute Gasteiger partial charge is 0.417 e. The van der Waals surface area contributed by atoms with Crippen molar-refractivity contribution < 1.29 is 22.8 Å². The highest BCUT2D eigenvalue weighted by molar-refractivity contribution is 6.31. The number of amides is 2. The lowest BCUT2D eigenvalue weighted by Crippen LogP contribution is -2.38. The van der Waals surface area contributed by atoms with E-state index in [1.165, 1.54) is 11.0 Å². The summed E-state index contributed by atoms with van der Waals surface area (Å²) in [6.45, 7) is 2.14. The molecule has 0 saturated carbocycles. The Labute approximate surface area is 171 Å². The second-order valence-electron chi connectivity index (χ2n) is 6.68. The third-order valence-corrected chi connectivity index (χ3v) is 4.32. The maximum atomic E-state index is 12.9. The predicted octanol–water partition coefficient (Wildman–Crippen LogP) is 3.85. The number of benzene rings is 2. The summed E-state index contributed by atoms with van der Waals surface area (Å²) in [5, 5.41) is 4.68. The van der Waals surface area contributed by atoms with Crippen molar-refractivity contribution in [3.8, 4) is 0 Å². The van der Waals surface area contributed by atoms with Crippen molar-refractivity contribution in [1.82, 2.24) is 10.2 Å². The van der Waals surface area contributed by atoms with Gasteiger partial charge in [0.25, 0.3) is 0 Å². The molecule has 0 saturated heterocycles. The van der Waals surface area contributed by atoms with Gasteiger partial charge in [-0.3, -0.25) is 14.5 Å². The SMILES string of the molecule is Cc1ccc(CNC(=O)CN(C)CC(=O)Nc2ccc(Cl)c(C(F)(F)F)c2)cc1. The molecule has 0 bridgehead atoms. The lowest BCUT2D eigenvalue weighted by atomic mass is 10.1. The first kappa shape index (κ1) is 22.7. The standard InChI is InChI=1S/C20H21ClF3N3O2/c1-13-3-5-14(6-4-13)10-25-18(28)11-27(2)12-19(29)26-15-7-8-17(21)16(9-15)20(22,23)24/h3-9H,10-12H2,1-2H3,(H,25,28)(H,26,29). The van der Waals surface area contributed by atoms with Crippen LogP contribution in [-0.4, -0.2) is 36.9 Å². The molecule has 0 aliphatic carbocycles. The molecular weight excluding hydrogens is 407 g/mol. The molecule has 2 N–H and O–H groups in total. The first-order valence-corrected chi connectivity index (χ1v) is 9.10. The molecule has 2 aromatic rings. The Kier molecular flexibility index (Phi) is 7.64. The number of anilines is 1. The van der Waals surface area contributed by atoms with Crippen molar-refractivity contribution in [2.45, 2.75) is 19.6 Å². The van der Waals surface area contributed by atoms with Gasteiger partial charge in [0.05, 0.1) is 23.7 Å². The zero-order valence-electron chi connectivity index (χ0n) is 15.9. The number of nitrogens with zero attached hydrogens (tertiary/aromatic N) is 1. The molecule has 0 aliphatic rings. The predicted molar refractivity (Wildman–Crippen MR) is 106 cm³/mol. The molecule has 2 amide bonds. The van der Waals surface area contributed by atoms with Crippen molar-refractivity contribution in [3.05, 3.63) is 64.2 Å². The van der Waals surface area contributed by atoms with Gasteiger partial charge in [-0.05, 0) is 37.7 Å². The van der Waals surface area contributed by atoms with E-state index in [0.29, 0.717) is 6.54 Å². The summed E-state index contributed by atoms with van der Waals surface area (Å²) in [7, 11) is 1.56. The normalized spacial score (nSPS) is 11.4. The van der Waals surface area contributed by atoms with Crippen LogP contribution >= 0.6 is 11.6 Å². The molecule has 0 radical (unpaired) electrons. The van der Waals surface area contributed by atoms with Crippen molar-refractivity contribution in [2.24, 2.45) is 0 Å². The summed E-state index contributed by atoms with van der Waals surface area (Å²) < 4.78 is 38.7. The van der Waals surface area contributed by atoms with Crippen LogP contribution in [0.3, 0.4) is 0 Å². The van der Waals surface area contributed by atoms with E-state index < -0.39 is 22.7 Å². The van der Waals surface area contributed by atoms with Crippen LogP contribution in [0.1, 0.15) is 16.7 Å². The molecule has 0 spiro atoms. The summed E-state index contributed by atoms with van der Waals surface area (Å²) >= 11 is 5.56. The van der Waals surface area contributed by atoms with Gasteiger partial charge in [0.15, 0.2) is 0 Å². The van der Waals surface area contributed by atoms with Gasteiger partial charge in [-0.2, -0.15) is 13.2 Å². The summed E-state index contributed by atoms with van der Waals surface area (Å²) in [4.78, 5) is 25.5. The Morgan fingerprint density at radius 2 is 1.66 bits per heavy atom. The van der Waals surface area contributed by atoms with Crippen molar-refractivity contribution in [2.75, 3.05) is 25.5 Å². The average Bonchev–Trinajstić information content (AvgIpc) is 2.61. The Bertz CT molecular complexity index is 870. The zero-order chi connectivity index (χ0) is 21.6. The number of hydrogen-bond acceptors (Lipinski definition) is 3. The second kappa shape index (κ2) is 9.76. The molecule has 2 aromatic carbocycles. The van der Waals surface area contributed by atoms with E-state index in [9.17, 15) is 22.8 Å². The summed E-state index contributed by atoms with van der Waals surface area (Å²) in [5.41, 5.74) is 1.02. The Morgan fingerprint density at radius 3 is 2.28 bits per heavy atom. The lowest BCUT2D eigenvalue weighted by Gasteiger charge is -2.17. The molecule has 156 valence electrons. The van der Waals surface area contributed by atoms with Gasteiger partial charge in [-0.25, -0.2) is 0 Å². The van der Waals surface area contributed by atoms with Gasteiger partial charge in [0.1, 0.15) is 0 Å². The third-order valence-electron chi connectivity index (χ3n) is 3.99. The fraction of sp³-hybridized carbons (Fsp3) is 0.300. The van der Waals surface area contributed by atoms with Crippen LogP contribution in [0.5, 0.6) is 0 Å². The molecule has 0 aliphatic heterocycles. The van der Waals surface area contributed by atoms with Gasteiger partial charge in [-0.1, -0.05) is 41.4 Å². The van der Waals surface area contributed by atoms with Crippen molar-refractivity contribution >= 4 is 29.1 Å². The number of alkyl halides is 3. The van der Waals surface area contributed by atoms with E-state index in [-0.39, 0.29) is 24.7 Å². The van der Waals surface area contributed by atoms with E-state index in [1.807, 2.05) is 31.2 Å². The Morgan fingerprint density at radius 1 is 1.03 bits per heavy atom. The summed E-state index contributed by atoms with van der Waals surface area (Å²) in [5.74, 6) is -0.819. The molecule has 5 nitrogen and oxygen atoms in total. The molecule has 29 heavy (non-hydrogen) atoms. The molecule has 2 rings (SSSR count). The molecule has 0 atom stereocenters. The first-order valence-electron chi connectivity index (χ1n) is 8.72. The maximum absolute atomic E-state index is 12.9. The lowest BCUT2D eigenvalue weighted by molar-refractivity contribution is -0.137. The number of aryl methyl sites for hydroxylation is 1. The quantitative estimate of drug-likeness (QED) is 0.705. The molecular formula is C20H21ClF3N3O2. The number of rotatable bonds is 7. The molecule has 9 heteroatoms.